The zero-order valence-electron chi connectivity index (χ0n) is 19.3. The van der Waals surface area contributed by atoms with Crippen molar-refractivity contribution in [1.82, 2.24) is 16.1 Å². The molecule has 3 amide bonds. The number of hydrogen-bond donors (Lipinski definition) is 5. The van der Waals surface area contributed by atoms with E-state index in [-0.39, 0.29) is 18.7 Å². The van der Waals surface area contributed by atoms with E-state index in [1.54, 1.807) is 0 Å². The summed E-state index contributed by atoms with van der Waals surface area (Å²) >= 11 is 0. The van der Waals surface area contributed by atoms with Crippen LogP contribution in [0.25, 0.3) is 11.1 Å². The second-order valence-corrected chi connectivity index (χ2v) is 8.25. The fraction of sp³-hybridized carbons (Fsp3) is 0.222. The van der Waals surface area contributed by atoms with E-state index in [4.69, 9.17) is 5.21 Å². The highest BCUT2D eigenvalue weighted by molar-refractivity contribution is 5.92. The highest BCUT2D eigenvalue weighted by atomic mass is 16.5. The molecular formula is C27H29N3O5. The standard InChI is InChI=1S/C27H29N3O5/c1-18(31)25(27(34)30-35)29-26(33)23(16-19-8-4-2-5-9-19)28-24(32)17-20-12-14-22(15-13-20)21-10-6-3-7-11-21/h2-15,18,23,25,31,35H,16-17H2,1H3,(H,28,32)(H,29,33)(H,30,34)/t18-,23+,25+/m1/s1. The van der Waals surface area contributed by atoms with Crippen LogP contribution in [0.15, 0.2) is 84.9 Å². The Balaban J connectivity index is 1.70. The van der Waals surface area contributed by atoms with Gasteiger partial charge in [-0.2, -0.15) is 0 Å². The van der Waals surface area contributed by atoms with Crippen LogP contribution in [0.3, 0.4) is 0 Å². The minimum atomic E-state index is -1.38. The Morgan fingerprint density at radius 1 is 0.743 bits per heavy atom. The molecule has 5 N–H and O–H groups in total. The van der Waals surface area contributed by atoms with E-state index in [0.717, 1.165) is 22.3 Å². The van der Waals surface area contributed by atoms with Crippen molar-refractivity contribution in [2.24, 2.45) is 0 Å². The van der Waals surface area contributed by atoms with Gasteiger partial charge >= 0.3 is 0 Å². The van der Waals surface area contributed by atoms with Crippen molar-refractivity contribution in [3.8, 4) is 11.1 Å². The average Bonchev–Trinajstić information content (AvgIpc) is 2.87. The number of hydroxylamine groups is 1. The number of aliphatic hydroxyl groups is 1. The summed E-state index contributed by atoms with van der Waals surface area (Å²) in [5, 5.41) is 23.9. The highest BCUT2D eigenvalue weighted by Crippen LogP contribution is 2.19. The largest absolute Gasteiger partial charge is 0.391 e. The van der Waals surface area contributed by atoms with Crippen LogP contribution in [0, 0.1) is 0 Å². The third-order valence-corrected chi connectivity index (χ3v) is 5.53. The molecular weight excluding hydrogens is 446 g/mol. The number of nitrogens with one attached hydrogen (secondary N) is 3. The van der Waals surface area contributed by atoms with Crippen LogP contribution in [0.4, 0.5) is 0 Å². The van der Waals surface area contributed by atoms with Crippen molar-refractivity contribution in [3.63, 3.8) is 0 Å². The van der Waals surface area contributed by atoms with Crippen molar-refractivity contribution < 1.29 is 24.7 Å². The van der Waals surface area contributed by atoms with Crippen LogP contribution in [-0.2, 0) is 27.2 Å². The first-order valence-corrected chi connectivity index (χ1v) is 11.3. The van der Waals surface area contributed by atoms with Gasteiger partial charge in [0.15, 0.2) is 0 Å². The van der Waals surface area contributed by atoms with E-state index in [0.29, 0.717) is 0 Å². The summed E-state index contributed by atoms with van der Waals surface area (Å²) in [4.78, 5) is 37.6. The minimum Gasteiger partial charge on any atom is -0.391 e. The maximum atomic E-state index is 13.0. The van der Waals surface area contributed by atoms with Gasteiger partial charge in [-0.15, -0.1) is 0 Å². The lowest BCUT2D eigenvalue weighted by atomic mass is 10.0. The molecule has 0 spiro atoms. The number of rotatable bonds is 10. The molecule has 3 aromatic rings. The van der Waals surface area contributed by atoms with Gasteiger partial charge in [0.1, 0.15) is 12.1 Å². The fourth-order valence-corrected chi connectivity index (χ4v) is 3.66. The summed E-state index contributed by atoms with van der Waals surface area (Å²) in [6.07, 6.45) is -1.02. The van der Waals surface area contributed by atoms with Crippen LogP contribution in [0.2, 0.25) is 0 Å². The molecule has 0 aliphatic rings. The SMILES string of the molecule is C[C@@H](O)[C@H](NC(=O)[C@H](Cc1ccccc1)NC(=O)Cc1ccc(-c2ccccc2)cc1)C(=O)NO. The molecule has 0 bridgehead atoms. The van der Waals surface area contributed by atoms with Gasteiger partial charge in [-0.05, 0) is 29.2 Å². The molecule has 0 aromatic heterocycles. The van der Waals surface area contributed by atoms with Crippen LogP contribution in [-0.4, -0.2) is 46.2 Å². The second-order valence-electron chi connectivity index (χ2n) is 8.25. The molecule has 0 fully saturated rings. The average molecular weight is 476 g/mol. The molecule has 0 heterocycles. The van der Waals surface area contributed by atoms with Gasteiger partial charge in [-0.1, -0.05) is 84.9 Å². The number of aliphatic hydroxyl groups excluding tert-OH is 1. The molecule has 0 aliphatic heterocycles. The van der Waals surface area contributed by atoms with Crippen LogP contribution in [0.1, 0.15) is 18.1 Å². The predicted molar refractivity (Wildman–Crippen MR) is 131 cm³/mol. The van der Waals surface area contributed by atoms with E-state index in [9.17, 15) is 19.5 Å². The smallest absolute Gasteiger partial charge is 0.268 e. The van der Waals surface area contributed by atoms with Gasteiger partial charge in [0, 0.05) is 6.42 Å². The Labute approximate surface area is 204 Å². The molecule has 0 unspecified atom stereocenters. The van der Waals surface area contributed by atoms with E-state index in [1.165, 1.54) is 12.4 Å². The molecule has 8 nitrogen and oxygen atoms in total. The molecule has 3 aromatic carbocycles. The number of carbonyl (C=O) groups excluding carboxylic acids is 3. The Kier molecular flexibility index (Phi) is 9.11. The summed E-state index contributed by atoms with van der Waals surface area (Å²) in [6.45, 7) is 1.31. The first-order chi connectivity index (χ1) is 16.9. The Hall–Kier alpha value is -4.01. The molecule has 182 valence electrons. The third kappa shape index (κ3) is 7.49. The van der Waals surface area contributed by atoms with E-state index in [1.807, 2.05) is 84.9 Å². The van der Waals surface area contributed by atoms with E-state index in [2.05, 4.69) is 10.6 Å². The van der Waals surface area contributed by atoms with Gasteiger partial charge < -0.3 is 15.7 Å². The first kappa shape index (κ1) is 25.6. The third-order valence-electron chi connectivity index (χ3n) is 5.53. The minimum absolute atomic E-state index is 0.0601. The maximum Gasteiger partial charge on any atom is 0.268 e. The summed E-state index contributed by atoms with van der Waals surface area (Å²) < 4.78 is 0. The molecule has 0 saturated heterocycles. The topological polar surface area (TPSA) is 128 Å². The van der Waals surface area contributed by atoms with Crippen LogP contribution < -0.4 is 16.1 Å². The van der Waals surface area contributed by atoms with Gasteiger partial charge in [0.05, 0.1) is 12.5 Å². The van der Waals surface area contributed by atoms with Crippen molar-refractivity contribution in [1.29, 1.82) is 0 Å². The number of benzene rings is 3. The van der Waals surface area contributed by atoms with Gasteiger partial charge in [-0.25, -0.2) is 5.48 Å². The molecule has 3 atom stereocenters. The lowest BCUT2D eigenvalue weighted by Crippen LogP contribution is -2.57. The lowest BCUT2D eigenvalue weighted by Gasteiger charge is -2.24. The van der Waals surface area contributed by atoms with Crippen molar-refractivity contribution in [2.75, 3.05) is 0 Å². The monoisotopic (exact) mass is 475 g/mol. The molecule has 0 saturated carbocycles. The number of amides is 3. The Morgan fingerprint density at radius 3 is 1.89 bits per heavy atom. The van der Waals surface area contributed by atoms with Crippen molar-refractivity contribution in [3.05, 3.63) is 96.1 Å². The summed E-state index contributed by atoms with van der Waals surface area (Å²) in [5.74, 6) is -1.98. The Bertz CT molecular complexity index is 1120. The molecule has 3 rings (SSSR count). The molecule has 8 heteroatoms. The van der Waals surface area contributed by atoms with Crippen molar-refractivity contribution in [2.45, 2.75) is 38.0 Å². The van der Waals surface area contributed by atoms with E-state index >= 15 is 0 Å². The van der Waals surface area contributed by atoms with Gasteiger partial charge in [0.25, 0.3) is 5.91 Å². The van der Waals surface area contributed by atoms with Crippen LogP contribution >= 0.6 is 0 Å². The lowest BCUT2D eigenvalue weighted by molar-refractivity contribution is -0.138. The zero-order chi connectivity index (χ0) is 25.2. The Morgan fingerprint density at radius 2 is 1.31 bits per heavy atom. The summed E-state index contributed by atoms with van der Waals surface area (Å²) in [7, 11) is 0. The molecule has 0 aliphatic carbocycles. The van der Waals surface area contributed by atoms with Gasteiger partial charge in [-0.3, -0.25) is 19.6 Å². The predicted octanol–water partition coefficient (Wildman–Crippen LogP) is 1.99. The number of hydrogen-bond acceptors (Lipinski definition) is 5. The fourth-order valence-electron chi connectivity index (χ4n) is 3.66. The quantitative estimate of drug-likeness (QED) is 0.226. The highest BCUT2D eigenvalue weighted by Gasteiger charge is 2.29. The van der Waals surface area contributed by atoms with E-state index < -0.39 is 30.0 Å². The maximum absolute atomic E-state index is 13.0. The summed E-state index contributed by atoms with van der Waals surface area (Å²) in [6, 6.07) is 24.2. The molecule has 0 radical (unpaired) electrons. The number of carbonyl (C=O) groups is 3. The van der Waals surface area contributed by atoms with Crippen LogP contribution in [0.5, 0.6) is 0 Å². The van der Waals surface area contributed by atoms with Crippen molar-refractivity contribution >= 4 is 17.7 Å². The summed E-state index contributed by atoms with van der Waals surface area (Å²) in [5.41, 5.74) is 5.12. The van der Waals surface area contributed by atoms with Gasteiger partial charge in [0.2, 0.25) is 11.8 Å². The second kappa shape index (κ2) is 12.5. The first-order valence-electron chi connectivity index (χ1n) is 11.3. The zero-order valence-corrected chi connectivity index (χ0v) is 19.3. The molecule has 35 heavy (non-hydrogen) atoms. The normalized spacial score (nSPS) is 13.2.